The average molecular weight is 198 g/mol. The van der Waals surface area contributed by atoms with Gasteiger partial charge in [-0.1, -0.05) is 32.0 Å². The van der Waals surface area contributed by atoms with Crippen LogP contribution in [0.2, 0.25) is 0 Å². The van der Waals surface area contributed by atoms with Gasteiger partial charge in [-0.15, -0.1) is 0 Å². The smallest absolute Gasteiger partial charge is 0.212 e. The largest absolute Gasteiger partial charge is 0.358 e. The van der Waals surface area contributed by atoms with Crippen molar-refractivity contribution in [3.63, 3.8) is 0 Å². The van der Waals surface area contributed by atoms with Crippen molar-refractivity contribution in [3.05, 3.63) is 41.9 Å². The van der Waals surface area contributed by atoms with E-state index in [0.717, 1.165) is 23.1 Å². The highest BCUT2D eigenvalue weighted by Gasteiger charge is 2.07. The Morgan fingerprint density at radius 2 is 2.07 bits per heavy atom. The fourth-order valence-corrected chi connectivity index (χ4v) is 1.86. The first-order valence-corrected chi connectivity index (χ1v) is 5.17. The van der Waals surface area contributed by atoms with Crippen molar-refractivity contribution in [1.29, 1.82) is 0 Å². The summed E-state index contributed by atoms with van der Waals surface area (Å²) in [6.45, 7) is 12.5. The normalized spacial score (nSPS) is 10.8. The molecule has 0 aliphatic heterocycles. The van der Waals surface area contributed by atoms with Crippen LogP contribution in [0.4, 0.5) is 5.69 Å². The molecule has 0 bridgehead atoms. The van der Waals surface area contributed by atoms with Crippen LogP contribution in [0.15, 0.2) is 30.5 Å². The van der Waals surface area contributed by atoms with Gasteiger partial charge in [-0.2, -0.15) is 0 Å². The number of rotatable bonds is 2. The van der Waals surface area contributed by atoms with Crippen molar-refractivity contribution in [1.82, 2.24) is 4.57 Å². The lowest BCUT2D eigenvalue weighted by Crippen LogP contribution is -2.02. The van der Waals surface area contributed by atoms with Crippen LogP contribution in [-0.4, -0.2) is 4.57 Å². The molecule has 0 saturated heterocycles. The molecule has 2 aromatic rings. The Kier molecular flexibility index (Phi) is 2.47. The second-order valence-corrected chi connectivity index (χ2v) is 4.19. The molecule has 2 heteroatoms. The first kappa shape index (κ1) is 9.79. The van der Waals surface area contributed by atoms with E-state index in [2.05, 4.69) is 29.3 Å². The van der Waals surface area contributed by atoms with Crippen molar-refractivity contribution >= 4 is 16.6 Å². The van der Waals surface area contributed by atoms with Gasteiger partial charge < -0.3 is 4.57 Å². The molecule has 15 heavy (non-hydrogen) atoms. The van der Waals surface area contributed by atoms with Crippen LogP contribution in [0.1, 0.15) is 13.8 Å². The zero-order valence-corrected chi connectivity index (χ0v) is 9.07. The molecular formula is C13H14N2. The van der Waals surface area contributed by atoms with E-state index in [4.69, 9.17) is 6.57 Å². The molecule has 0 aliphatic carbocycles. The fourth-order valence-electron chi connectivity index (χ4n) is 1.86. The molecule has 0 spiro atoms. The van der Waals surface area contributed by atoms with Crippen LogP contribution in [-0.2, 0) is 6.54 Å². The molecule has 2 rings (SSSR count). The van der Waals surface area contributed by atoms with E-state index in [0.29, 0.717) is 5.92 Å². The Hall–Kier alpha value is -1.75. The monoisotopic (exact) mass is 198 g/mol. The highest BCUT2D eigenvalue weighted by Crippen LogP contribution is 2.28. The number of aromatic nitrogens is 1. The lowest BCUT2D eigenvalue weighted by atomic mass is 10.2. The van der Waals surface area contributed by atoms with Gasteiger partial charge in [-0.3, -0.25) is 0 Å². The van der Waals surface area contributed by atoms with E-state index in [1.54, 1.807) is 0 Å². The van der Waals surface area contributed by atoms with Crippen LogP contribution >= 0.6 is 0 Å². The number of nitrogens with zero attached hydrogens (tertiary/aromatic N) is 2. The number of hydrogen-bond acceptors (Lipinski definition) is 0. The summed E-state index contributed by atoms with van der Waals surface area (Å²) >= 11 is 0. The van der Waals surface area contributed by atoms with Gasteiger partial charge in [0.25, 0.3) is 0 Å². The quantitative estimate of drug-likeness (QED) is 0.648. The number of hydrogen-bond donors (Lipinski definition) is 0. The predicted molar refractivity (Wildman–Crippen MR) is 63.0 cm³/mol. The molecule has 0 fully saturated rings. The number of para-hydroxylation sites is 1. The van der Waals surface area contributed by atoms with Gasteiger partial charge in [0.05, 0.1) is 6.57 Å². The van der Waals surface area contributed by atoms with Gasteiger partial charge in [0.1, 0.15) is 0 Å². The molecule has 0 saturated carbocycles. The Morgan fingerprint density at radius 1 is 1.33 bits per heavy atom. The first-order chi connectivity index (χ1) is 7.22. The second-order valence-electron chi connectivity index (χ2n) is 4.19. The van der Waals surface area contributed by atoms with E-state index < -0.39 is 0 Å². The summed E-state index contributed by atoms with van der Waals surface area (Å²) in [4.78, 5) is 3.56. The lowest BCUT2D eigenvalue weighted by molar-refractivity contribution is 0.536. The van der Waals surface area contributed by atoms with Gasteiger partial charge in [0.15, 0.2) is 0 Å². The summed E-state index contributed by atoms with van der Waals surface area (Å²) in [5, 5.41) is 1.06. The molecule has 0 aliphatic rings. The van der Waals surface area contributed by atoms with E-state index in [9.17, 15) is 0 Å². The summed E-state index contributed by atoms with van der Waals surface area (Å²) in [6.07, 6.45) is 1.96. The Balaban J connectivity index is 2.61. The van der Waals surface area contributed by atoms with Gasteiger partial charge in [0, 0.05) is 23.6 Å². The maximum Gasteiger partial charge on any atom is 0.212 e. The first-order valence-electron chi connectivity index (χ1n) is 5.17. The summed E-state index contributed by atoms with van der Waals surface area (Å²) < 4.78 is 2.17. The van der Waals surface area contributed by atoms with Crippen LogP contribution < -0.4 is 0 Å². The van der Waals surface area contributed by atoms with Gasteiger partial charge in [-0.25, -0.2) is 4.85 Å². The van der Waals surface area contributed by atoms with Gasteiger partial charge in [0.2, 0.25) is 5.69 Å². The third kappa shape index (κ3) is 1.73. The lowest BCUT2D eigenvalue weighted by Gasteiger charge is -2.08. The minimum Gasteiger partial charge on any atom is -0.358 e. The minimum atomic E-state index is 0.597. The van der Waals surface area contributed by atoms with E-state index in [-0.39, 0.29) is 0 Å². The van der Waals surface area contributed by atoms with E-state index in [1.807, 2.05) is 24.4 Å². The Labute approximate surface area is 90.0 Å². The van der Waals surface area contributed by atoms with Crippen LogP contribution in [0, 0.1) is 12.5 Å². The fraction of sp³-hybridized carbons (Fsp3) is 0.308. The molecule has 1 heterocycles. The van der Waals surface area contributed by atoms with Gasteiger partial charge >= 0.3 is 0 Å². The van der Waals surface area contributed by atoms with Gasteiger partial charge in [-0.05, 0) is 12.0 Å². The van der Waals surface area contributed by atoms with E-state index >= 15 is 0 Å². The van der Waals surface area contributed by atoms with Crippen molar-refractivity contribution < 1.29 is 0 Å². The highest BCUT2D eigenvalue weighted by atomic mass is 15.0. The number of benzene rings is 1. The molecule has 0 amide bonds. The van der Waals surface area contributed by atoms with Crippen molar-refractivity contribution in [2.75, 3.05) is 0 Å². The predicted octanol–water partition coefficient (Wildman–Crippen LogP) is 3.85. The molecule has 0 atom stereocenters. The van der Waals surface area contributed by atoms with Crippen molar-refractivity contribution in [2.24, 2.45) is 5.92 Å². The Bertz CT molecular complexity index is 515. The van der Waals surface area contributed by atoms with Crippen LogP contribution in [0.3, 0.4) is 0 Å². The topological polar surface area (TPSA) is 9.29 Å². The third-order valence-electron chi connectivity index (χ3n) is 2.45. The SMILES string of the molecule is [C-]#[N+]c1cn(CC(C)C)c2ccccc12. The summed E-state index contributed by atoms with van der Waals surface area (Å²) in [5.41, 5.74) is 1.92. The summed E-state index contributed by atoms with van der Waals surface area (Å²) in [7, 11) is 0. The summed E-state index contributed by atoms with van der Waals surface area (Å²) in [5.74, 6) is 0.597. The second kappa shape index (κ2) is 3.78. The molecule has 1 aromatic heterocycles. The van der Waals surface area contributed by atoms with Crippen LogP contribution in [0.25, 0.3) is 15.7 Å². The molecule has 0 unspecified atom stereocenters. The Morgan fingerprint density at radius 3 is 2.73 bits per heavy atom. The van der Waals surface area contributed by atoms with Crippen molar-refractivity contribution in [3.8, 4) is 0 Å². The molecule has 76 valence electrons. The maximum atomic E-state index is 7.13. The molecule has 0 radical (unpaired) electrons. The maximum absolute atomic E-state index is 7.13. The van der Waals surface area contributed by atoms with Crippen molar-refractivity contribution in [2.45, 2.75) is 20.4 Å². The summed E-state index contributed by atoms with van der Waals surface area (Å²) in [6, 6.07) is 8.09. The standard InChI is InChI=1S/C13H14N2/c1-10(2)8-15-9-12(14-3)11-6-4-5-7-13(11)15/h4-7,9-10H,8H2,1-2H3. The molecule has 2 nitrogen and oxygen atoms in total. The highest BCUT2D eigenvalue weighted by molar-refractivity contribution is 5.93. The molecular weight excluding hydrogens is 184 g/mol. The van der Waals surface area contributed by atoms with Crippen LogP contribution in [0.5, 0.6) is 0 Å². The number of fused-ring (bicyclic) bond motifs is 1. The average Bonchev–Trinajstić information content (AvgIpc) is 2.56. The zero-order chi connectivity index (χ0) is 10.8. The minimum absolute atomic E-state index is 0.597. The van der Waals surface area contributed by atoms with E-state index in [1.165, 1.54) is 0 Å². The molecule has 1 aromatic carbocycles. The third-order valence-corrected chi connectivity index (χ3v) is 2.45. The molecule has 0 N–H and O–H groups in total. The zero-order valence-electron chi connectivity index (χ0n) is 9.07.